The molecule has 0 unspecified atom stereocenters. The Morgan fingerprint density at radius 1 is 0.926 bits per heavy atom. The highest BCUT2D eigenvalue weighted by molar-refractivity contribution is 6.00. The molecule has 2 aliphatic heterocycles. The van der Waals surface area contributed by atoms with Crippen LogP contribution in [-0.2, 0) is 15.7 Å². The molecular weight excluding hydrogens is 703 g/mol. The van der Waals surface area contributed by atoms with Gasteiger partial charge in [-0.25, -0.2) is 19.7 Å². The molecule has 2 N–H and O–H groups in total. The molecule has 54 heavy (non-hydrogen) atoms. The van der Waals surface area contributed by atoms with E-state index in [1.165, 1.54) is 6.07 Å². The van der Waals surface area contributed by atoms with Crippen LogP contribution in [0.15, 0.2) is 48.8 Å². The summed E-state index contributed by atoms with van der Waals surface area (Å²) >= 11 is 0. The topological polar surface area (TPSA) is 145 Å². The van der Waals surface area contributed by atoms with Crippen molar-refractivity contribution in [2.24, 2.45) is 23.7 Å². The van der Waals surface area contributed by atoms with E-state index in [4.69, 9.17) is 14.6 Å². The summed E-state index contributed by atoms with van der Waals surface area (Å²) in [7, 11) is 0. The highest BCUT2D eigenvalue weighted by Crippen LogP contribution is 2.58. The van der Waals surface area contributed by atoms with Crippen molar-refractivity contribution >= 4 is 28.7 Å². The average molecular weight is 746 g/mol. The molecule has 6 fully saturated rings. The normalized spacial score (nSPS) is 27.4. The van der Waals surface area contributed by atoms with Gasteiger partial charge in [0.15, 0.2) is 5.69 Å². The van der Waals surface area contributed by atoms with Gasteiger partial charge >= 0.3 is 12.1 Å². The Labute approximate surface area is 309 Å². The Morgan fingerprint density at radius 3 is 2.26 bits per heavy atom. The minimum Gasteiger partial charge on any atom is -0.490 e. The number of benzene rings is 1. The second-order valence-electron chi connectivity index (χ2n) is 15.7. The zero-order valence-electron chi connectivity index (χ0n) is 29.7. The maximum atomic E-state index is 14.8. The fourth-order valence-electron chi connectivity index (χ4n) is 10.2. The number of aromatic nitrogens is 5. The number of aliphatic carboxylic acids is 1. The van der Waals surface area contributed by atoms with Crippen LogP contribution in [0.4, 0.5) is 19.1 Å². The van der Waals surface area contributed by atoms with Gasteiger partial charge in [0.05, 0.1) is 22.8 Å². The molecule has 4 bridgehead atoms. The third-order valence-corrected chi connectivity index (χ3v) is 12.5. The van der Waals surface area contributed by atoms with Crippen molar-refractivity contribution in [1.82, 2.24) is 30.0 Å². The van der Waals surface area contributed by atoms with Crippen LogP contribution in [0.25, 0.3) is 22.3 Å². The van der Waals surface area contributed by atoms with E-state index < -0.39 is 34.8 Å². The maximum absolute atomic E-state index is 14.8. The summed E-state index contributed by atoms with van der Waals surface area (Å²) in [6, 6.07) is 9.70. The molecule has 0 radical (unpaired) electrons. The van der Waals surface area contributed by atoms with Crippen LogP contribution in [0.3, 0.4) is 0 Å². The van der Waals surface area contributed by atoms with E-state index in [-0.39, 0.29) is 35.4 Å². The summed E-state index contributed by atoms with van der Waals surface area (Å²) in [5.41, 5.74) is -2.76. The van der Waals surface area contributed by atoms with E-state index in [2.05, 4.69) is 25.2 Å². The fourth-order valence-corrected chi connectivity index (χ4v) is 10.2. The van der Waals surface area contributed by atoms with Crippen LogP contribution in [0.2, 0.25) is 0 Å². The molecule has 0 atom stereocenters. The number of ether oxygens (including phenoxy) is 2. The SMILES string of the molecule is O=C(NC1(C(=O)O)C2CC3CC(C2)CC1C3)c1ccc(-c2nn(C3CCOCC3)c3cc(OC4CCN(c5ncccn5)CC4)ccc23)nc1C(F)(F)F. The Hall–Kier alpha value is -4.79. The summed E-state index contributed by atoms with van der Waals surface area (Å²) in [6.45, 7) is 2.54. The molecule has 1 aromatic carbocycles. The predicted molar refractivity (Wildman–Crippen MR) is 190 cm³/mol. The first kappa shape index (κ1) is 34.9. The van der Waals surface area contributed by atoms with Gasteiger partial charge in [-0.3, -0.25) is 9.48 Å². The van der Waals surface area contributed by atoms with E-state index in [0.717, 1.165) is 38.4 Å². The van der Waals surface area contributed by atoms with Crippen molar-refractivity contribution in [2.45, 2.75) is 81.6 Å². The number of alkyl halides is 3. The lowest BCUT2D eigenvalue weighted by atomic mass is 9.48. The Balaban J connectivity index is 1.02. The summed E-state index contributed by atoms with van der Waals surface area (Å²) < 4.78 is 58.3. The standard InChI is InChI=1S/C39H42F3N7O5/c40-39(41,42)34-30(35(50)46-38(36(51)52)24-17-22-16-23(19-24)20-25(38)18-22)4-5-31(45-34)33-29-3-2-28(21-32(29)49(47-33)26-8-14-53-15-9-26)54-27-6-12-48(13-7-27)37-43-10-1-11-44-37/h1-5,10-11,21-27H,6-9,12-20H2,(H,46,50)(H,51,52). The van der Waals surface area contributed by atoms with Gasteiger partial charge in [0.2, 0.25) is 5.95 Å². The largest absolute Gasteiger partial charge is 0.490 e. The average Bonchev–Trinajstić information content (AvgIpc) is 3.55. The van der Waals surface area contributed by atoms with Crippen LogP contribution < -0.4 is 15.0 Å². The lowest BCUT2D eigenvalue weighted by molar-refractivity contribution is -0.163. The number of nitrogens with zero attached hydrogens (tertiary/aromatic N) is 6. The van der Waals surface area contributed by atoms with Crippen LogP contribution >= 0.6 is 0 Å². The van der Waals surface area contributed by atoms with Crippen LogP contribution in [-0.4, -0.2) is 79.7 Å². The maximum Gasteiger partial charge on any atom is 0.434 e. The van der Waals surface area contributed by atoms with Crippen molar-refractivity contribution in [3.8, 4) is 17.1 Å². The number of fused-ring (bicyclic) bond motifs is 1. The summed E-state index contributed by atoms with van der Waals surface area (Å²) in [6.07, 6.45) is 4.96. The van der Waals surface area contributed by atoms with Crippen molar-refractivity contribution in [2.75, 3.05) is 31.2 Å². The van der Waals surface area contributed by atoms with Gasteiger partial charge in [0.1, 0.15) is 23.1 Å². The van der Waals surface area contributed by atoms with E-state index in [0.29, 0.717) is 86.2 Å². The number of rotatable bonds is 8. The minimum absolute atomic E-state index is 0.0403. The Kier molecular flexibility index (Phi) is 8.74. The smallest absolute Gasteiger partial charge is 0.434 e. The number of halogens is 3. The van der Waals surface area contributed by atoms with Crippen LogP contribution in [0, 0.1) is 23.7 Å². The molecule has 5 heterocycles. The number of hydrogen-bond donors (Lipinski definition) is 2. The first-order valence-electron chi connectivity index (χ1n) is 19.0. The van der Waals surface area contributed by atoms with Gasteiger partial charge in [-0.15, -0.1) is 0 Å². The number of hydrogen-bond acceptors (Lipinski definition) is 9. The van der Waals surface area contributed by atoms with Crippen molar-refractivity contribution < 1.29 is 37.3 Å². The summed E-state index contributed by atoms with van der Waals surface area (Å²) in [5, 5.41) is 18.6. The third kappa shape index (κ3) is 6.13. The molecule has 4 aliphatic carbocycles. The monoisotopic (exact) mass is 745 g/mol. The van der Waals surface area contributed by atoms with E-state index >= 15 is 0 Å². The first-order chi connectivity index (χ1) is 26.1. The lowest BCUT2D eigenvalue weighted by Gasteiger charge is -2.59. The van der Waals surface area contributed by atoms with E-state index in [1.54, 1.807) is 30.6 Å². The molecule has 2 saturated heterocycles. The number of carbonyl (C=O) groups is 2. The summed E-state index contributed by atoms with van der Waals surface area (Å²) in [4.78, 5) is 41.6. The minimum atomic E-state index is -4.99. The molecule has 4 aromatic rings. The lowest BCUT2D eigenvalue weighted by Crippen LogP contribution is -2.70. The second-order valence-corrected chi connectivity index (χ2v) is 15.7. The zero-order chi connectivity index (χ0) is 37.2. The van der Waals surface area contributed by atoms with Gasteiger partial charge in [-0.1, -0.05) is 0 Å². The molecular formula is C39H42F3N7O5. The first-order valence-corrected chi connectivity index (χ1v) is 19.0. The number of amides is 1. The number of anilines is 1. The van der Waals surface area contributed by atoms with Crippen LogP contribution in [0.1, 0.15) is 79.9 Å². The van der Waals surface area contributed by atoms with Crippen molar-refractivity contribution in [1.29, 1.82) is 0 Å². The number of piperidine rings is 1. The van der Waals surface area contributed by atoms with E-state index in [9.17, 15) is 27.9 Å². The molecule has 10 rings (SSSR count). The highest BCUT2D eigenvalue weighted by atomic mass is 19.4. The fraction of sp³-hybridized carbons (Fsp3) is 0.538. The Morgan fingerprint density at radius 2 is 1.61 bits per heavy atom. The number of nitrogens with one attached hydrogen (secondary N) is 1. The summed E-state index contributed by atoms with van der Waals surface area (Å²) in [5.74, 6) is -0.767. The second kappa shape index (κ2) is 13.5. The highest BCUT2D eigenvalue weighted by Gasteiger charge is 2.62. The van der Waals surface area contributed by atoms with Gasteiger partial charge in [-0.05, 0) is 98.9 Å². The van der Waals surface area contributed by atoms with Gasteiger partial charge in [0, 0.05) is 63.0 Å². The number of carboxylic acid groups (broad SMARTS) is 1. The molecule has 0 spiro atoms. The molecule has 12 nitrogen and oxygen atoms in total. The molecule has 284 valence electrons. The molecule has 3 aromatic heterocycles. The number of carbonyl (C=O) groups excluding carboxylic acids is 1. The third-order valence-electron chi connectivity index (χ3n) is 12.5. The van der Waals surface area contributed by atoms with Gasteiger partial charge in [-0.2, -0.15) is 18.3 Å². The molecule has 6 aliphatic rings. The zero-order valence-corrected chi connectivity index (χ0v) is 29.7. The predicted octanol–water partition coefficient (Wildman–Crippen LogP) is 6.32. The molecule has 4 saturated carbocycles. The quantitative estimate of drug-likeness (QED) is 0.210. The van der Waals surface area contributed by atoms with Gasteiger partial charge < -0.3 is 24.8 Å². The van der Waals surface area contributed by atoms with E-state index in [1.807, 2.05) is 10.7 Å². The number of carboxylic acids is 1. The Bertz CT molecular complexity index is 2030. The van der Waals surface area contributed by atoms with Crippen LogP contribution in [0.5, 0.6) is 5.75 Å². The number of pyridine rings is 1. The molecule has 1 amide bonds. The van der Waals surface area contributed by atoms with Gasteiger partial charge in [0.25, 0.3) is 5.91 Å². The molecule has 15 heteroatoms. The van der Waals surface area contributed by atoms with Crippen molar-refractivity contribution in [3.05, 3.63) is 60.0 Å². The van der Waals surface area contributed by atoms with Crippen molar-refractivity contribution in [3.63, 3.8) is 0 Å².